The number of carbonyl (C=O) groups excluding carboxylic acids is 1. The molecule has 0 aliphatic carbocycles. The molecule has 0 saturated carbocycles. The van der Waals surface area contributed by atoms with Gasteiger partial charge in [0.15, 0.2) is 0 Å². The number of aliphatic hydroxyl groups is 1. The summed E-state index contributed by atoms with van der Waals surface area (Å²) in [5.41, 5.74) is 0. The van der Waals surface area contributed by atoms with E-state index in [-0.39, 0.29) is 25.5 Å². The molecular weight excluding hydrogens is 683 g/mol. The fourth-order valence-corrected chi connectivity index (χ4v) is 5.34. The van der Waals surface area contributed by atoms with Crippen LogP contribution in [0.2, 0.25) is 0 Å². The molecule has 53 heavy (non-hydrogen) atoms. The molecule has 0 aliphatic heterocycles. The zero-order chi connectivity index (χ0) is 39.3. The molecule has 300 valence electrons. The van der Waals surface area contributed by atoms with Crippen LogP contribution in [0.5, 0.6) is 0 Å². The van der Waals surface area contributed by atoms with Gasteiger partial charge >= 0.3 is 7.82 Å². The van der Waals surface area contributed by atoms with Gasteiger partial charge < -0.3 is 19.8 Å². The predicted octanol–water partition coefficient (Wildman–Crippen LogP) is 10.6. The van der Waals surface area contributed by atoms with Crippen molar-refractivity contribution >= 4 is 13.7 Å². The number of hydrogen-bond acceptors (Lipinski definition) is 5. The van der Waals surface area contributed by atoms with Crippen LogP contribution in [0.4, 0.5) is 0 Å². The zero-order valence-corrected chi connectivity index (χ0v) is 34.6. The summed E-state index contributed by atoms with van der Waals surface area (Å²) in [7, 11) is 1.49. The first kappa shape index (κ1) is 50.2. The maximum Gasteiger partial charge on any atom is 0.472 e. The van der Waals surface area contributed by atoms with Crippen LogP contribution in [0.1, 0.15) is 110 Å². The second kappa shape index (κ2) is 34.9. The van der Waals surface area contributed by atoms with Gasteiger partial charge in [0.2, 0.25) is 5.91 Å². The number of phosphoric ester groups is 1. The van der Waals surface area contributed by atoms with Gasteiger partial charge in [0, 0.05) is 6.42 Å². The number of nitrogens with zero attached hydrogens (tertiary/aromatic N) is 1. The second-order valence-electron chi connectivity index (χ2n) is 13.9. The molecule has 3 unspecified atom stereocenters. The lowest BCUT2D eigenvalue weighted by atomic mass is 10.1. The van der Waals surface area contributed by atoms with Crippen molar-refractivity contribution in [3.05, 3.63) is 109 Å². The van der Waals surface area contributed by atoms with Crippen molar-refractivity contribution in [1.29, 1.82) is 0 Å². The third kappa shape index (κ3) is 37.3. The van der Waals surface area contributed by atoms with Crippen molar-refractivity contribution < 1.29 is 32.9 Å². The van der Waals surface area contributed by atoms with Crippen molar-refractivity contribution in [2.24, 2.45) is 0 Å². The normalized spacial score (nSPS) is 15.7. The van der Waals surface area contributed by atoms with Crippen molar-refractivity contribution in [3.8, 4) is 0 Å². The number of likely N-dealkylation sites (N-methyl/N-ethyl adjacent to an activating group) is 1. The molecule has 0 radical (unpaired) electrons. The van der Waals surface area contributed by atoms with E-state index >= 15 is 0 Å². The summed E-state index contributed by atoms with van der Waals surface area (Å²) in [5, 5.41) is 13.7. The molecular formula is C44H74N2O6P+. The fourth-order valence-electron chi connectivity index (χ4n) is 4.61. The number of allylic oxidation sites excluding steroid dienone is 17. The minimum atomic E-state index is -4.36. The van der Waals surface area contributed by atoms with E-state index < -0.39 is 20.0 Å². The first-order valence-corrected chi connectivity index (χ1v) is 21.3. The van der Waals surface area contributed by atoms with Crippen molar-refractivity contribution in [3.63, 3.8) is 0 Å². The summed E-state index contributed by atoms with van der Waals surface area (Å²) in [6, 6.07) is -0.898. The van der Waals surface area contributed by atoms with Gasteiger partial charge in [-0.2, -0.15) is 0 Å². The van der Waals surface area contributed by atoms with Crippen molar-refractivity contribution in [1.82, 2.24) is 5.32 Å². The van der Waals surface area contributed by atoms with Crippen LogP contribution >= 0.6 is 7.82 Å². The van der Waals surface area contributed by atoms with E-state index in [9.17, 15) is 19.4 Å². The third-order valence-corrected chi connectivity index (χ3v) is 8.70. The summed E-state index contributed by atoms with van der Waals surface area (Å²) < 4.78 is 23.4. The Balaban J connectivity index is 4.58. The van der Waals surface area contributed by atoms with Crippen LogP contribution in [0.3, 0.4) is 0 Å². The highest BCUT2D eigenvalue weighted by molar-refractivity contribution is 7.47. The number of aliphatic hydroxyl groups excluding tert-OH is 1. The topological polar surface area (TPSA) is 105 Å². The van der Waals surface area contributed by atoms with Crippen LogP contribution in [-0.4, -0.2) is 73.4 Å². The lowest BCUT2D eigenvalue weighted by molar-refractivity contribution is -0.870. The Morgan fingerprint density at radius 1 is 0.642 bits per heavy atom. The SMILES string of the molecule is CC/C=C\C/C=C\C/C=C\C/C=C\C/C=C\C/C=C\CCCCC(=O)NC(COP(=O)(O)OCC[N+](C)(C)C)C(O)/C=C/CC/C=C/CC/C=C/CC. The zero-order valence-electron chi connectivity index (χ0n) is 33.7. The summed E-state index contributed by atoms with van der Waals surface area (Å²) >= 11 is 0. The van der Waals surface area contributed by atoms with Crippen molar-refractivity contribution in [2.75, 3.05) is 40.9 Å². The molecule has 0 aliphatic rings. The Morgan fingerprint density at radius 3 is 1.58 bits per heavy atom. The standard InChI is InChI=1S/C44H73N2O6P/c1-6-8-10-12-14-16-18-19-20-21-22-23-24-25-26-27-28-30-32-34-36-38-44(48)45-42(41-52-53(49,50)51-40-39-46(3,4)5)43(47)37-35-33-31-29-17-15-13-11-9-7-2/h8-11,14,16-17,19-20,22-23,25-26,28-30,35,37,42-43,47H,6-7,12-13,15,18,21,24,27,31-34,36,38-41H2,1-5H3,(H-,45,48,49,50)/p+1/b10-8-,11-9+,16-14-,20-19-,23-22-,26-25-,29-17+,30-28-,37-35+. The minimum Gasteiger partial charge on any atom is -0.387 e. The maximum absolute atomic E-state index is 12.8. The van der Waals surface area contributed by atoms with Gasteiger partial charge in [-0.25, -0.2) is 4.57 Å². The first-order chi connectivity index (χ1) is 25.5. The lowest BCUT2D eigenvalue weighted by Crippen LogP contribution is -2.45. The number of amides is 1. The molecule has 0 saturated heterocycles. The fraction of sp³-hybridized carbons (Fsp3) is 0.568. The quantitative estimate of drug-likeness (QED) is 0.0266. The molecule has 0 spiro atoms. The Hall–Kier alpha value is -2.84. The van der Waals surface area contributed by atoms with E-state index in [0.29, 0.717) is 17.4 Å². The van der Waals surface area contributed by atoms with Crippen molar-refractivity contribution in [2.45, 2.75) is 122 Å². The monoisotopic (exact) mass is 758 g/mol. The smallest absolute Gasteiger partial charge is 0.387 e. The van der Waals surface area contributed by atoms with Gasteiger partial charge in [-0.15, -0.1) is 0 Å². The minimum absolute atomic E-state index is 0.0376. The van der Waals surface area contributed by atoms with E-state index in [1.807, 2.05) is 27.2 Å². The summed E-state index contributed by atoms with van der Waals surface area (Å²) in [4.78, 5) is 23.0. The van der Waals surface area contributed by atoms with Gasteiger partial charge in [-0.1, -0.05) is 123 Å². The largest absolute Gasteiger partial charge is 0.472 e. The van der Waals surface area contributed by atoms with E-state index in [1.165, 1.54) is 0 Å². The third-order valence-electron chi connectivity index (χ3n) is 7.72. The molecule has 1 amide bonds. The Labute approximate surface area is 323 Å². The highest BCUT2D eigenvalue weighted by Crippen LogP contribution is 2.43. The highest BCUT2D eigenvalue weighted by atomic mass is 31.2. The van der Waals surface area contributed by atoms with Crippen LogP contribution in [0, 0.1) is 0 Å². The lowest BCUT2D eigenvalue weighted by Gasteiger charge is -2.25. The average Bonchev–Trinajstić information content (AvgIpc) is 3.10. The number of hydrogen-bond donors (Lipinski definition) is 3. The van der Waals surface area contributed by atoms with E-state index in [1.54, 1.807) is 6.08 Å². The molecule has 0 aromatic heterocycles. The Kier molecular flexibility index (Phi) is 33.0. The molecule has 0 bridgehead atoms. The summed E-state index contributed by atoms with van der Waals surface area (Å²) in [6.45, 7) is 4.46. The number of carbonyl (C=O) groups is 1. The average molecular weight is 758 g/mol. The van der Waals surface area contributed by atoms with Crippen LogP contribution in [0.15, 0.2) is 109 Å². The van der Waals surface area contributed by atoms with E-state index in [2.05, 4.69) is 116 Å². The van der Waals surface area contributed by atoms with Gasteiger partial charge in [0.1, 0.15) is 13.2 Å². The number of rotatable bonds is 33. The first-order valence-electron chi connectivity index (χ1n) is 19.8. The van der Waals surface area contributed by atoms with Gasteiger partial charge in [-0.05, 0) is 89.9 Å². The number of phosphoric acid groups is 1. The Morgan fingerprint density at radius 2 is 1.08 bits per heavy atom. The molecule has 0 rings (SSSR count). The molecule has 0 fully saturated rings. The molecule has 0 aromatic carbocycles. The highest BCUT2D eigenvalue weighted by Gasteiger charge is 2.27. The van der Waals surface area contributed by atoms with Gasteiger partial charge in [-0.3, -0.25) is 13.8 Å². The molecule has 3 atom stereocenters. The number of quaternary nitrogens is 1. The van der Waals surface area contributed by atoms with Crippen LogP contribution in [0.25, 0.3) is 0 Å². The number of unbranched alkanes of at least 4 members (excludes halogenated alkanes) is 4. The van der Waals surface area contributed by atoms with E-state index in [0.717, 1.165) is 83.5 Å². The molecule has 9 heteroatoms. The van der Waals surface area contributed by atoms with Crippen LogP contribution < -0.4 is 5.32 Å². The summed E-state index contributed by atoms with van der Waals surface area (Å²) in [5.74, 6) is -0.243. The molecule has 0 aromatic rings. The van der Waals surface area contributed by atoms with Gasteiger partial charge in [0.05, 0.1) is 39.9 Å². The second-order valence-corrected chi connectivity index (χ2v) is 15.3. The summed E-state index contributed by atoms with van der Waals surface area (Å²) in [6.07, 6.45) is 50.3. The predicted molar refractivity (Wildman–Crippen MR) is 225 cm³/mol. The molecule has 3 N–H and O–H groups in total. The van der Waals surface area contributed by atoms with Gasteiger partial charge in [0.25, 0.3) is 0 Å². The molecule has 8 nitrogen and oxygen atoms in total. The van der Waals surface area contributed by atoms with E-state index in [4.69, 9.17) is 9.05 Å². The Bertz CT molecular complexity index is 1220. The molecule has 0 heterocycles. The van der Waals surface area contributed by atoms with Crippen LogP contribution in [-0.2, 0) is 18.4 Å². The number of nitrogens with one attached hydrogen (secondary N) is 1. The maximum atomic E-state index is 12.8.